The molecule has 0 radical (unpaired) electrons. The summed E-state index contributed by atoms with van der Waals surface area (Å²) in [6.07, 6.45) is 3.16. The van der Waals surface area contributed by atoms with E-state index in [1.807, 2.05) is 0 Å². The molecule has 6 heteroatoms. The molecular formula is C11H11N3O3. The Morgan fingerprint density at radius 1 is 1.24 bits per heavy atom. The normalized spacial score (nSPS) is 10.0. The SMILES string of the molecule is COc1ncc(-c2ccc(=O)[nH]c2)c(OC)n1. The van der Waals surface area contributed by atoms with Gasteiger partial charge in [0.1, 0.15) is 0 Å². The van der Waals surface area contributed by atoms with Crippen molar-refractivity contribution in [2.75, 3.05) is 14.2 Å². The minimum absolute atomic E-state index is 0.165. The van der Waals surface area contributed by atoms with Crippen LogP contribution in [0.3, 0.4) is 0 Å². The van der Waals surface area contributed by atoms with E-state index >= 15 is 0 Å². The Morgan fingerprint density at radius 3 is 2.65 bits per heavy atom. The first kappa shape index (κ1) is 11.1. The van der Waals surface area contributed by atoms with Gasteiger partial charge in [-0.15, -0.1) is 0 Å². The maximum atomic E-state index is 11.0. The molecular weight excluding hydrogens is 222 g/mol. The fraction of sp³-hybridized carbons (Fsp3) is 0.182. The lowest BCUT2D eigenvalue weighted by Gasteiger charge is -2.07. The van der Waals surface area contributed by atoms with Crippen molar-refractivity contribution in [3.63, 3.8) is 0 Å². The van der Waals surface area contributed by atoms with Crippen molar-refractivity contribution < 1.29 is 9.47 Å². The topological polar surface area (TPSA) is 77.1 Å². The van der Waals surface area contributed by atoms with Gasteiger partial charge in [0.15, 0.2) is 0 Å². The summed E-state index contributed by atoms with van der Waals surface area (Å²) in [5.41, 5.74) is 1.29. The molecule has 0 bridgehead atoms. The van der Waals surface area contributed by atoms with Gasteiger partial charge < -0.3 is 14.5 Å². The number of aromatic nitrogens is 3. The number of aromatic amines is 1. The zero-order chi connectivity index (χ0) is 12.3. The molecule has 88 valence electrons. The molecule has 1 N–H and O–H groups in total. The largest absolute Gasteiger partial charge is 0.480 e. The Kier molecular flexibility index (Phi) is 3.04. The van der Waals surface area contributed by atoms with E-state index in [4.69, 9.17) is 9.47 Å². The maximum absolute atomic E-state index is 11.0. The monoisotopic (exact) mass is 233 g/mol. The van der Waals surface area contributed by atoms with E-state index < -0.39 is 0 Å². The summed E-state index contributed by atoms with van der Waals surface area (Å²) in [7, 11) is 2.99. The van der Waals surface area contributed by atoms with Crippen LogP contribution in [0.5, 0.6) is 11.9 Å². The third-order valence-electron chi connectivity index (χ3n) is 2.20. The molecule has 0 unspecified atom stereocenters. The Labute approximate surface area is 97.3 Å². The second-order valence-corrected chi connectivity index (χ2v) is 3.22. The fourth-order valence-electron chi connectivity index (χ4n) is 1.38. The minimum atomic E-state index is -0.165. The maximum Gasteiger partial charge on any atom is 0.319 e. The first-order chi connectivity index (χ1) is 8.24. The predicted octanol–water partition coefficient (Wildman–Crippen LogP) is 0.849. The van der Waals surface area contributed by atoms with Crippen LogP contribution in [0.4, 0.5) is 0 Å². The summed E-state index contributed by atoms with van der Waals surface area (Å²) in [6.45, 7) is 0. The van der Waals surface area contributed by atoms with Gasteiger partial charge in [-0.1, -0.05) is 0 Å². The van der Waals surface area contributed by atoms with E-state index in [2.05, 4.69) is 15.0 Å². The molecule has 2 aromatic heterocycles. The zero-order valence-corrected chi connectivity index (χ0v) is 9.43. The molecule has 2 aromatic rings. The van der Waals surface area contributed by atoms with E-state index in [9.17, 15) is 4.79 Å². The van der Waals surface area contributed by atoms with Crippen LogP contribution in [0, 0.1) is 0 Å². The van der Waals surface area contributed by atoms with Crippen molar-refractivity contribution in [3.05, 3.63) is 34.9 Å². The van der Waals surface area contributed by atoms with Gasteiger partial charge in [0.05, 0.1) is 19.8 Å². The van der Waals surface area contributed by atoms with Crippen molar-refractivity contribution in [2.24, 2.45) is 0 Å². The van der Waals surface area contributed by atoms with Crippen LogP contribution in [0.2, 0.25) is 0 Å². The van der Waals surface area contributed by atoms with Gasteiger partial charge in [0, 0.05) is 24.0 Å². The summed E-state index contributed by atoms with van der Waals surface area (Å²) in [4.78, 5) is 21.6. The van der Waals surface area contributed by atoms with Crippen LogP contribution in [-0.4, -0.2) is 29.2 Å². The van der Waals surface area contributed by atoms with Crippen molar-refractivity contribution in [2.45, 2.75) is 0 Å². The molecule has 0 saturated carbocycles. The number of nitrogens with one attached hydrogen (secondary N) is 1. The number of rotatable bonds is 3. The molecule has 17 heavy (non-hydrogen) atoms. The summed E-state index contributed by atoms with van der Waals surface area (Å²) in [5.74, 6) is 0.392. The Balaban J connectivity index is 2.51. The number of hydrogen-bond acceptors (Lipinski definition) is 5. The Morgan fingerprint density at radius 2 is 2.06 bits per heavy atom. The summed E-state index contributed by atoms with van der Waals surface area (Å²) >= 11 is 0. The number of methoxy groups -OCH3 is 2. The van der Waals surface area contributed by atoms with E-state index in [0.29, 0.717) is 11.4 Å². The molecule has 0 amide bonds. The van der Waals surface area contributed by atoms with Gasteiger partial charge in [-0.05, 0) is 6.07 Å². The zero-order valence-electron chi connectivity index (χ0n) is 9.43. The Bertz CT molecular complexity index is 560. The molecule has 0 aliphatic rings. The molecule has 0 aromatic carbocycles. The van der Waals surface area contributed by atoms with Crippen LogP contribution >= 0.6 is 0 Å². The summed E-state index contributed by atoms with van der Waals surface area (Å²) in [5, 5.41) is 0. The number of pyridine rings is 1. The van der Waals surface area contributed by atoms with E-state index in [1.165, 1.54) is 20.3 Å². The lowest BCUT2D eigenvalue weighted by Crippen LogP contribution is -2.03. The highest BCUT2D eigenvalue weighted by molar-refractivity contribution is 5.66. The second kappa shape index (κ2) is 4.65. The van der Waals surface area contributed by atoms with Gasteiger partial charge in [-0.3, -0.25) is 4.79 Å². The second-order valence-electron chi connectivity index (χ2n) is 3.22. The molecule has 2 rings (SSSR count). The van der Waals surface area contributed by atoms with Crippen LogP contribution < -0.4 is 15.0 Å². The average molecular weight is 233 g/mol. The molecule has 0 fully saturated rings. The van der Waals surface area contributed by atoms with Gasteiger partial charge in [0.2, 0.25) is 11.4 Å². The molecule has 0 aliphatic carbocycles. The fourth-order valence-corrected chi connectivity index (χ4v) is 1.38. The molecule has 2 heterocycles. The highest BCUT2D eigenvalue weighted by atomic mass is 16.5. The first-order valence-corrected chi connectivity index (χ1v) is 4.88. The number of hydrogen-bond donors (Lipinski definition) is 1. The molecule has 0 spiro atoms. The minimum Gasteiger partial charge on any atom is -0.480 e. The van der Waals surface area contributed by atoms with Crippen LogP contribution in [0.1, 0.15) is 0 Å². The lowest BCUT2D eigenvalue weighted by atomic mass is 10.1. The van der Waals surface area contributed by atoms with Gasteiger partial charge in [0.25, 0.3) is 0 Å². The standard InChI is InChI=1S/C11H11N3O3/c1-16-10-8(6-13-11(14-10)17-2)7-3-4-9(15)12-5-7/h3-6H,1-2H3,(H,12,15). The highest BCUT2D eigenvalue weighted by Gasteiger charge is 2.10. The Hall–Kier alpha value is -2.37. The van der Waals surface area contributed by atoms with Gasteiger partial charge in [-0.25, -0.2) is 4.98 Å². The van der Waals surface area contributed by atoms with E-state index in [-0.39, 0.29) is 11.6 Å². The molecule has 6 nitrogen and oxygen atoms in total. The van der Waals surface area contributed by atoms with E-state index in [1.54, 1.807) is 18.5 Å². The van der Waals surface area contributed by atoms with Crippen molar-refractivity contribution in [3.8, 4) is 23.0 Å². The molecule has 0 atom stereocenters. The quantitative estimate of drug-likeness (QED) is 0.850. The summed E-state index contributed by atoms with van der Waals surface area (Å²) < 4.78 is 10.1. The van der Waals surface area contributed by atoms with Gasteiger partial charge >= 0.3 is 6.01 Å². The van der Waals surface area contributed by atoms with Gasteiger partial charge in [-0.2, -0.15) is 4.98 Å². The van der Waals surface area contributed by atoms with Crippen LogP contribution in [0.15, 0.2) is 29.3 Å². The summed E-state index contributed by atoms with van der Waals surface area (Å²) in [6, 6.07) is 3.33. The third-order valence-corrected chi connectivity index (χ3v) is 2.20. The number of ether oxygens (including phenoxy) is 2. The van der Waals surface area contributed by atoms with Crippen molar-refractivity contribution >= 4 is 0 Å². The van der Waals surface area contributed by atoms with Crippen LogP contribution in [0.25, 0.3) is 11.1 Å². The van der Waals surface area contributed by atoms with Crippen molar-refractivity contribution in [1.29, 1.82) is 0 Å². The number of H-pyrrole nitrogens is 1. The van der Waals surface area contributed by atoms with E-state index in [0.717, 1.165) is 5.56 Å². The smallest absolute Gasteiger partial charge is 0.319 e. The molecule has 0 saturated heterocycles. The predicted molar refractivity (Wildman–Crippen MR) is 61.2 cm³/mol. The average Bonchev–Trinajstić information content (AvgIpc) is 2.39. The molecule has 0 aliphatic heterocycles. The first-order valence-electron chi connectivity index (χ1n) is 4.88. The highest BCUT2D eigenvalue weighted by Crippen LogP contribution is 2.27. The number of nitrogens with zero attached hydrogens (tertiary/aromatic N) is 2. The van der Waals surface area contributed by atoms with Crippen LogP contribution in [-0.2, 0) is 0 Å². The third kappa shape index (κ3) is 2.25. The van der Waals surface area contributed by atoms with Crippen molar-refractivity contribution in [1.82, 2.24) is 15.0 Å². The lowest BCUT2D eigenvalue weighted by molar-refractivity contribution is 0.353.